The minimum atomic E-state index is -0.228. The van der Waals surface area contributed by atoms with Gasteiger partial charge in [-0.2, -0.15) is 0 Å². The van der Waals surface area contributed by atoms with Gasteiger partial charge in [0.1, 0.15) is 5.76 Å². The maximum absolute atomic E-state index is 12.4. The van der Waals surface area contributed by atoms with E-state index in [0.717, 1.165) is 24.4 Å². The van der Waals surface area contributed by atoms with E-state index >= 15 is 0 Å². The first-order valence-electron chi connectivity index (χ1n) is 9.37. The molecule has 1 fully saturated rings. The van der Waals surface area contributed by atoms with Gasteiger partial charge in [-0.15, -0.1) is 0 Å². The number of ether oxygens (including phenoxy) is 1. The highest BCUT2D eigenvalue weighted by Gasteiger charge is 2.22. The zero-order valence-corrected chi connectivity index (χ0v) is 15.5. The molecule has 1 amide bonds. The van der Waals surface area contributed by atoms with E-state index < -0.39 is 0 Å². The summed E-state index contributed by atoms with van der Waals surface area (Å²) >= 11 is 0. The molecule has 6 nitrogen and oxygen atoms in total. The summed E-state index contributed by atoms with van der Waals surface area (Å²) in [5.41, 5.74) is 0.844. The van der Waals surface area contributed by atoms with E-state index in [1.54, 1.807) is 12.3 Å². The zero-order valence-electron chi connectivity index (χ0n) is 15.5. The summed E-state index contributed by atoms with van der Waals surface area (Å²) < 4.78 is 11.3. The Labute approximate surface area is 154 Å². The fourth-order valence-electron chi connectivity index (χ4n) is 3.27. The number of carbonyl (C=O) groups is 1. The van der Waals surface area contributed by atoms with Gasteiger partial charge in [-0.3, -0.25) is 9.69 Å². The van der Waals surface area contributed by atoms with Crippen LogP contribution in [-0.2, 0) is 6.54 Å². The third kappa shape index (κ3) is 4.43. The second kappa shape index (κ2) is 8.85. The van der Waals surface area contributed by atoms with Crippen molar-refractivity contribution in [1.82, 2.24) is 15.2 Å². The molecule has 0 aliphatic carbocycles. The van der Waals surface area contributed by atoms with Crippen molar-refractivity contribution in [2.45, 2.75) is 45.7 Å². The molecule has 0 spiro atoms. The molecule has 3 rings (SSSR count). The Morgan fingerprint density at radius 3 is 2.88 bits per heavy atom. The van der Waals surface area contributed by atoms with Crippen molar-refractivity contribution in [3.8, 4) is 5.88 Å². The van der Waals surface area contributed by atoms with E-state index in [1.807, 2.05) is 25.1 Å². The van der Waals surface area contributed by atoms with E-state index in [9.17, 15) is 4.79 Å². The van der Waals surface area contributed by atoms with Gasteiger partial charge in [-0.25, -0.2) is 4.98 Å². The number of piperidine rings is 1. The summed E-state index contributed by atoms with van der Waals surface area (Å²) in [5.74, 6) is 1.50. The number of hydrogen-bond acceptors (Lipinski definition) is 5. The predicted octanol–water partition coefficient (Wildman–Crippen LogP) is 3.55. The van der Waals surface area contributed by atoms with Crippen molar-refractivity contribution >= 4 is 5.91 Å². The third-order valence-corrected chi connectivity index (χ3v) is 4.77. The van der Waals surface area contributed by atoms with Gasteiger partial charge in [-0.05, 0) is 58.0 Å². The first-order chi connectivity index (χ1) is 12.7. The lowest BCUT2D eigenvalue weighted by atomic mass is 10.1. The maximum atomic E-state index is 12.4. The number of pyridine rings is 1. The van der Waals surface area contributed by atoms with E-state index in [-0.39, 0.29) is 11.9 Å². The van der Waals surface area contributed by atoms with Crippen LogP contribution in [0.5, 0.6) is 5.88 Å². The van der Waals surface area contributed by atoms with Gasteiger partial charge < -0.3 is 14.5 Å². The van der Waals surface area contributed by atoms with Crippen molar-refractivity contribution in [1.29, 1.82) is 0 Å². The minimum absolute atomic E-state index is 0.194. The second-order valence-corrected chi connectivity index (χ2v) is 6.56. The Morgan fingerprint density at radius 2 is 2.12 bits per heavy atom. The molecule has 1 N–H and O–H groups in total. The van der Waals surface area contributed by atoms with Gasteiger partial charge in [-0.1, -0.05) is 12.5 Å². The first-order valence-corrected chi connectivity index (χ1v) is 9.37. The molecule has 3 heterocycles. The molecule has 0 aromatic carbocycles. The van der Waals surface area contributed by atoms with Crippen molar-refractivity contribution in [2.24, 2.45) is 0 Å². The topological polar surface area (TPSA) is 67.6 Å². The van der Waals surface area contributed by atoms with E-state index in [1.165, 1.54) is 19.3 Å². The number of nitrogens with zero attached hydrogens (tertiary/aromatic N) is 2. The lowest BCUT2D eigenvalue weighted by molar-refractivity contribution is 0.0913. The molecule has 0 saturated carbocycles. The van der Waals surface area contributed by atoms with Gasteiger partial charge >= 0.3 is 0 Å². The highest BCUT2D eigenvalue weighted by atomic mass is 16.5. The third-order valence-electron chi connectivity index (χ3n) is 4.77. The summed E-state index contributed by atoms with van der Waals surface area (Å²) in [5, 5.41) is 2.88. The number of rotatable bonds is 7. The molecule has 0 unspecified atom stereocenters. The summed E-state index contributed by atoms with van der Waals surface area (Å²) in [6.07, 6.45) is 5.43. The Hall–Kier alpha value is -2.34. The minimum Gasteiger partial charge on any atom is -0.478 e. The highest BCUT2D eigenvalue weighted by Crippen LogP contribution is 2.25. The predicted molar refractivity (Wildman–Crippen MR) is 99.1 cm³/mol. The number of furan rings is 1. The summed E-state index contributed by atoms with van der Waals surface area (Å²) in [4.78, 5) is 19.0. The Bertz CT molecular complexity index is 723. The number of hydrogen-bond donors (Lipinski definition) is 1. The normalized spacial score (nSPS) is 16.2. The molecule has 0 bridgehead atoms. The fourth-order valence-corrected chi connectivity index (χ4v) is 3.27. The van der Waals surface area contributed by atoms with Crippen LogP contribution in [0.15, 0.2) is 34.9 Å². The summed E-state index contributed by atoms with van der Waals surface area (Å²) in [6.45, 7) is 7.10. The molecule has 26 heavy (non-hydrogen) atoms. The number of aromatic nitrogens is 1. The number of nitrogens with one attached hydrogen (secondary N) is 1. The number of amides is 1. The Balaban J connectivity index is 1.60. The number of likely N-dealkylation sites (tertiary alicyclic amines) is 1. The van der Waals surface area contributed by atoms with Gasteiger partial charge in [0.2, 0.25) is 5.88 Å². The standard InChI is InChI=1S/C20H27N3O3/c1-3-25-20-16(8-7-11-21-20)14-22-19(24)18-10-9-17(26-18)15(2)23-12-5-4-6-13-23/h7-11,15H,3-6,12-14H2,1-2H3,(H,22,24)/t15-/m0/s1. The van der Waals surface area contributed by atoms with Gasteiger partial charge in [0.15, 0.2) is 5.76 Å². The average Bonchev–Trinajstić information content (AvgIpc) is 3.18. The van der Waals surface area contributed by atoms with Gasteiger partial charge in [0, 0.05) is 18.3 Å². The van der Waals surface area contributed by atoms with Crippen LogP contribution in [0.1, 0.15) is 61.0 Å². The number of carbonyl (C=O) groups excluding carboxylic acids is 1. The quantitative estimate of drug-likeness (QED) is 0.821. The van der Waals surface area contributed by atoms with Gasteiger partial charge in [0.25, 0.3) is 5.91 Å². The largest absolute Gasteiger partial charge is 0.478 e. The van der Waals surface area contributed by atoms with E-state index in [2.05, 4.69) is 22.1 Å². The Kier molecular flexibility index (Phi) is 6.28. The van der Waals surface area contributed by atoms with Crippen LogP contribution >= 0.6 is 0 Å². The summed E-state index contributed by atoms with van der Waals surface area (Å²) in [6, 6.07) is 7.57. The van der Waals surface area contributed by atoms with Crippen LogP contribution < -0.4 is 10.1 Å². The van der Waals surface area contributed by atoms with Gasteiger partial charge in [0.05, 0.1) is 12.6 Å². The van der Waals surface area contributed by atoms with Crippen LogP contribution in [0, 0.1) is 0 Å². The lowest BCUT2D eigenvalue weighted by Crippen LogP contribution is -2.32. The zero-order chi connectivity index (χ0) is 18.4. The van der Waals surface area contributed by atoms with Crippen molar-refractivity contribution < 1.29 is 13.9 Å². The Morgan fingerprint density at radius 1 is 1.31 bits per heavy atom. The molecule has 1 atom stereocenters. The molecule has 1 aliphatic rings. The molecule has 2 aromatic rings. The molecule has 2 aromatic heterocycles. The fraction of sp³-hybridized carbons (Fsp3) is 0.500. The SMILES string of the molecule is CCOc1ncccc1CNC(=O)c1ccc([C@H](C)N2CCCCC2)o1. The smallest absolute Gasteiger partial charge is 0.287 e. The van der Waals surface area contributed by atoms with Crippen molar-refractivity contribution in [2.75, 3.05) is 19.7 Å². The second-order valence-electron chi connectivity index (χ2n) is 6.56. The van der Waals surface area contributed by atoms with Crippen molar-refractivity contribution in [3.63, 3.8) is 0 Å². The van der Waals surface area contributed by atoms with Crippen LogP contribution in [0.3, 0.4) is 0 Å². The van der Waals surface area contributed by atoms with Crippen LogP contribution in [0.25, 0.3) is 0 Å². The molecule has 1 aliphatic heterocycles. The molecule has 140 valence electrons. The maximum Gasteiger partial charge on any atom is 0.287 e. The molecule has 0 radical (unpaired) electrons. The first kappa shape index (κ1) is 18.5. The van der Waals surface area contributed by atoms with Crippen molar-refractivity contribution in [3.05, 3.63) is 47.5 Å². The average molecular weight is 357 g/mol. The highest BCUT2D eigenvalue weighted by molar-refractivity contribution is 5.91. The monoisotopic (exact) mass is 357 g/mol. The van der Waals surface area contributed by atoms with E-state index in [4.69, 9.17) is 9.15 Å². The molecule has 6 heteroatoms. The summed E-state index contributed by atoms with van der Waals surface area (Å²) in [7, 11) is 0. The molecular formula is C20H27N3O3. The molecule has 1 saturated heterocycles. The lowest BCUT2D eigenvalue weighted by Gasteiger charge is -2.31. The van der Waals surface area contributed by atoms with Crippen LogP contribution in [0.4, 0.5) is 0 Å². The van der Waals surface area contributed by atoms with Crippen LogP contribution in [-0.4, -0.2) is 35.5 Å². The molecular weight excluding hydrogens is 330 g/mol. The van der Waals surface area contributed by atoms with Crippen LogP contribution in [0.2, 0.25) is 0 Å². The van der Waals surface area contributed by atoms with E-state index in [0.29, 0.717) is 24.8 Å².